The van der Waals surface area contributed by atoms with Crippen molar-refractivity contribution >= 4 is 50.7 Å². The highest BCUT2D eigenvalue weighted by Gasteiger charge is 2.33. The van der Waals surface area contributed by atoms with Crippen LogP contribution < -0.4 is 9.62 Å². The van der Waals surface area contributed by atoms with Crippen molar-refractivity contribution in [1.82, 2.24) is 10.2 Å². The lowest BCUT2D eigenvalue weighted by Crippen LogP contribution is -2.53. The molecule has 1 aliphatic rings. The number of aryl methyl sites for hydroxylation is 2. The lowest BCUT2D eigenvalue weighted by atomic mass is 10.1. The molecule has 2 aromatic rings. The second-order valence-electron chi connectivity index (χ2n) is 9.71. The van der Waals surface area contributed by atoms with Gasteiger partial charge in [0.2, 0.25) is 21.8 Å². The van der Waals surface area contributed by atoms with E-state index in [1.54, 1.807) is 30.3 Å². The maximum Gasteiger partial charge on any atom is 0.244 e. The highest BCUT2D eigenvalue weighted by molar-refractivity contribution is 7.92. The molecule has 0 saturated heterocycles. The standard InChI is InChI=1S/C27H35Cl2N3O4S/c1-5-25(27(34)30-22-8-6-7-9-22)31(16-20-11-12-21(28)15-24(20)29)26(33)17-32(37(4,35)36)23-13-10-18(2)19(3)14-23/h10-15,22,25H,5-9,16-17H2,1-4H3,(H,30,34)/t25-/m1/s1. The number of halogens is 2. The van der Waals surface area contributed by atoms with Crippen LogP contribution in [0.3, 0.4) is 0 Å². The van der Waals surface area contributed by atoms with E-state index in [1.165, 1.54) is 4.90 Å². The van der Waals surface area contributed by atoms with Crippen LogP contribution in [0.4, 0.5) is 5.69 Å². The van der Waals surface area contributed by atoms with Gasteiger partial charge in [-0.25, -0.2) is 8.42 Å². The van der Waals surface area contributed by atoms with Crippen molar-refractivity contribution in [2.24, 2.45) is 0 Å². The Hall–Kier alpha value is -2.29. The first-order valence-corrected chi connectivity index (χ1v) is 15.1. The molecule has 0 unspecified atom stereocenters. The van der Waals surface area contributed by atoms with Gasteiger partial charge in [0, 0.05) is 22.6 Å². The number of carbonyl (C=O) groups excluding carboxylic acids is 2. The van der Waals surface area contributed by atoms with Gasteiger partial charge in [0.25, 0.3) is 0 Å². The number of nitrogens with zero attached hydrogens (tertiary/aromatic N) is 2. The maximum atomic E-state index is 13.8. The van der Waals surface area contributed by atoms with Gasteiger partial charge in [0.1, 0.15) is 12.6 Å². The zero-order chi connectivity index (χ0) is 27.3. The van der Waals surface area contributed by atoms with E-state index in [-0.39, 0.29) is 18.5 Å². The summed E-state index contributed by atoms with van der Waals surface area (Å²) in [7, 11) is -3.79. The van der Waals surface area contributed by atoms with Crippen molar-refractivity contribution in [3.8, 4) is 0 Å². The van der Waals surface area contributed by atoms with E-state index in [0.29, 0.717) is 27.7 Å². The maximum absolute atomic E-state index is 13.8. The van der Waals surface area contributed by atoms with Gasteiger partial charge in [0.15, 0.2) is 0 Å². The summed E-state index contributed by atoms with van der Waals surface area (Å²) in [6, 6.07) is 9.50. The molecule has 3 rings (SSSR count). The fraction of sp³-hybridized carbons (Fsp3) is 0.481. The van der Waals surface area contributed by atoms with Crippen molar-refractivity contribution in [1.29, 1.82) is 0 Å². The first kappa shape index (κ1) is 29.3. The smallest absolute Gasteiger partial charge is 0.244 e. The van der Waals surface area contributed by atoms with E-state index in [4.69, 9.17) is 23.2 Å². The molecule has 1 fully saturated rings. The predicted molar refractivity (Wildman–Crippen MR) is 150 cm³/mol. The van der Waals surface area contributed by atoms with E-state index in [1.807, 2.05) is 26.8 Å². The summed E-state index contributed by atoms with van der Waals surface area (Å²) in [4.78, 5) is 28.6. The normalized spacial score (nSPS) is 14.9. The molecule has 1 saturated carbocycles. The third kappa shape index (κ3) is 7.62. The quantitative estimate of drug-likeness (QED) is 0.425. The minimum Gasteiger partial charge on any atom is -0.352 e. The topological polar surface area (TPSA) is 86.8 Å². The summed E-state index contributed by atoms with van der Waals surface area (Å²) in [5.41, 5.74) is 2.93. The molecule has 1 atom stereocenters. The molecule has 202 valence electrons. The molecular formula is C27H35Cl2N3O4S. The van der Waals surface area contributed by atoms with E-state index < -0.39 is 28.5 Å². The van der Waals surface area contributed by atoms with Crippen LogP contribution in [0.15, 0.2) is 36.4 Å². The van der Waals surface area contributed by atoms with E-state index in [0.717, 1.165) is 47.4 Å². The summed E-state index contributed by atoms with van der Waals surface area (Å²) in [5.74, 6) is -0.743. The number of sulfonamides is 1. The molecule has 37 heavy (non-hydrogen) atoms. The fourth-order valence-electron chi connectivity index (χ4n) is 4.61. The number of nitrogens with one attached hydrogen (secondary N) is 1. The molecular weight excluding hydrogens is 533 g/mol. The summed E-state index contributed by atoms with van der Waals surface area (Å²) in [5, 5.41) is 3.91. The number of anilines is 1. The minimum absolute atomic E-state index is 0.0377. The van der Waals surface area contributed by atoms with Crippen LogP contribution in [0, 0.1) is 13.8 Å². The highest BCUT2D eigenvalue weighted by atomic mass is 35.5. The average Bonchev–Trinajstić information content (AvgIpc) is 3.32. The molecule has 7 nitrogen and oxygen atoms in total. The Morgan fingerprint density at radius 1 is 1.05 bits per heavy atom. The summed E-state index contributed by atoms with van der Waals surface area (Å²) in [6.45, 7) is 5.24. The number of hydrogen-bond acceptors (Lipinski definition) is 4. The molecule has 1 aliphatic carbocycles. The van der Waals surface area contributed by atoms with Gasteiger partial charge in [-0.1, -0.05) is 55.1 Å². The van der Waals surface area contributed by atoms with Crippen LogP contribution >= 0.6 is 23.2 Å². The average molecular weight is 569 g/mol. The zero-order valence-electron chi connectivity index (χ0n) is 21.8. The Labute approximate surface area is 230 Å². The number of hydrogen-bond donors (Lipinski definition) is 1. The van der Waals surface area contributed by atoms with Crippen molar-refractivity contribution < 1.29 is 18.0 Å². The van der Waals surface area contributed by atoms with Gasteiger partial charge in [-0.3, -0.25) is 13.9 Å². The highest BCUT2D eigenvalue weighted by Crippen LogP contribution is 2.26. The van der Waals surface area contributed by atoms with E-state index in [2.05, 4.69) is 5.32 Å². The van der Waals surface area contributed by atoms with Crippen LogP contribution in [0.2, 0.25) is 10.0 Å². The minimum atomic E-state index is -3.79. The number of rotatable bonds is 10. The molecule has 0 spiro atoms. The fourth-order valence-corrected chi connectivity index (χ4v) is 5.92. The van der Waals surface area contributed by atoms with Gasteiger partial charge in [-0.05, 0) is 74.1 Å². The van der Waals surface area contributed by atoms with Crippen molar-refractivity contribution in [3.63, 3.8) is 0 Å². The molecule has 2 amide bonds. The third-order valence-electron chi connectivity index (χ3n) is 6.90. The van der Waals surface area contributed by atoms with Gasteiger partial charge in [-0.15, -0.1) is 0 Å². The zero-order valence-corrected chi connectivity index (χ0v) is 24.1. The van der Waals surface area contributed by atoms with Crippen LogP contribution in [0.1, 0.15) is 55.7 Å². The van der Waals surface area contributed by atoms with E-state index in [9.17, 15) is 18.0 Å². The van der Waals surface area contributed by atoms with Crippen molar-refractivity contribution in [2.75, 3.05) is 17.1 Å². The Kier molecular flexibility index (Phi) is 9.89. The molecule has 0 aromatic heterocycles. The SMILES string of the molecule is CC[C@H](C(=O)NC1CCCC1)N(Cc1ccc(Cl)cc1Cl)C(=O)CN(c1ccc(C)c(C)c1)S(C)(=O)=O. The summed E-state index contributed by atoms with van der Waals surface area (Å²) >= 11 is 12.5. The van der Waals surface area contributed by atoms with Gasteiger partial charge >= 0.3 is 0 Å². The van der Waals surface area contributed by atoms with Gasteiger partial charge < -0.3 is 10.2 Å². The largest absolute Gasteiger partial charge is 0.352 e. The van der Waals surface area contributed by atoms with Crippen LogP contribution in [-0.4, -0.2) is 50.0 Å². The molecule has 0 bridgehead atoms. The number of carbonyl (C=O) groups is 2. The molecule has 0 radical (unpaired) electrons. The number of amides is 2. The van der Waals surface area contributed by atoms with Gasteiger partial charge in [0.05, 0.1) is 11.9 Å². The molecule has 1 N–H and O–H groups in total. The number of benzene rings is 2. The van der Waals surface area contributed by atoms with Crippen LogP contribution in [-0.2, 0) is 26.2 Å². The molecule has 2 aromatic carbocycles. The lowest BCUT2D eigenvalue weighted by molar-refractivity contribution is -0.140. The second kappa shape index (κ2) is 12.5. The van der Waals surface area contributed by atoms with Crippen LogP contribution in [0.25, 0.3) is 0 Å². The van der Waals surface area contributed by atoms with E-state index >= 15 is 0 Å². The van der Waals surface area contributed by atoms with Gasteiger partial charge in [-0.2, -0.15) is 0 Å². The van der Waals surface area contributed by atoms with Crippen LogP contribution in [0.5, 0.6) is 0 Å². The Morgan fingerprint density at radius 2 is 1.73 bits per heavy atom. The monoisotopic (exact) mass is 567 g/mol. The summed E-state index contributed by atoms with van der Waals surface area (Å²) < 4.78 is 26.6. The Bertz CT molecular complexity index is 1250. The second-order valence-corrected chi connectivity index (χ2v) is 12.5. The first-order chi connectivity index (χ1) is 17.4. The first-order valence-electron chi connectivity index (χ1n) is 12.5. The third-order valence-corrected chi connectivity index (χ3v) is 8.63. The summed E-state index contributed by atoms with van der Waals surface area (Å²) in [6.07, 6.45) is 5.37. The Morgan fingerprint density at radius 3 is 2.30 bits per heavy atom. The molecule has 0 heterocycles. The molecule has 10 heteroatoms. The molecule has 0 aliphatic heterocycles. The van der Waals surface area contributed by atoms with Crippen molar-refractivity contribution in [3.05, 3.63) is 63.1 Å². The Balaban J connectivity index is 1.96. The predicted octanol–water partition coefficient (Wildman–Crippen LogP) is 5.24. The van der Waals surface area contributed by atoms with Crippen molar-refractivity contribution in [2.45, 2.75) is 71.5 Å². The lowest BCUT2D eigenvalue weighted by Gasteiger charge is -2.33.